The molecule has 2 aliphatic rings. The Morgan fingerprint density at radius 1 is 0.794 bits per heavy atom. The number of carbonyl (C=O) groups excluding carboxylic acids is 2. The van der Waals surface area contributed by atoms with Crippen molar-refractivity contribution in [3.63, 3.8) is 0 Å². The summed E-state index contributed by atoms with van der Waals surface area (Å²) in [5.74, 6) is -1.18. The fraction of sp³-hybridized carbons (Fsp3) is 0.286. The first-order valence-corrected chi connectivity index (χ1v) is 11.8. The first-order chi connectivity index (χ1) is 16.5. The Morgan fingerprint density at radius 3 is 2.06 bits per heavy atom. The average molecular weight is 456 g/mol. The van der Waals surface area contributed by atoms with Gasteiger partial charge in [-0.2, -0.15) is 0 Å². The summed E-state index contributed by atoms with van der Waals surface area (Å²) in [6, 6.07) is 24.9. The number of hydrogen-bond acceptors (Lipinski definition) is 5. The van der Waals surface area contributed by atoms with Crippen molar-refractivity contribution < 1.29 is 14.4 Å². The average Bonchev–Trinajstić information content (AvgIpc) is 3.38. The lowest BCUT2D eigenvalue weighted by Gasteiger charge is -2.29. The molecule has 3 aromatic carbocycles. The van der Waals surface area contributed by atoms with Crippen molar-refractivity contribution in [1.82, 2.24) is 0 Å². The molecule has 2 fully saturated rings. The molecule has 0 aliphatic carbocycles. The van der Waals surface area contributed by atoms with Crippen molar-refractivity contribution in [3.05, 3.63) is 90.0 Å². The van der Waals surface area contributed by atoms with Crippen LogP contribution in [0.15, 0.2) is 78.9 Å². The van der Waals surface area contributed by atoms with E-state index in [-0.39, 0.29) is 11.8 Å². The minimum Gasteiger partial charge on any atom is -0.372 e. The van der Waals surface area contributed by atoms with Gasteiger partial charge in [0, 0.05) is 18.8 Å². The first-order valence-electron chi connectivity index (χ1n) is 11.8. The molecule has 174 valence electrons. The van der Waals surface area contributed by atoms with Crippen LogP contribution in [-0.4, -0.2) is 31.0 Å². The smallest absolute Gasteiger partial charge is 0.266 e. The highest BCUT2D eigenvalue weighted by Crippen LogP contribution is 2.47. The maximum atomic E-state index is 13.7. The number of nitrogens with zero attached hydrogens (tertiary/aromatic N) is 3. The lowest BCUT2D eigenvalue weighted by atomic mass is 9.90. The van der Waals surface area contributed by atoms with Gasteiger partial charge in [-0.1, -0.05) is 48.0 Å². The molecule has 6 heteroatoms. The van der Waals surface area contributed by atoms with E-state index in [0.29, 0.717) is 5.69 Å². The first kappa shape index (κ1) is 22.2. The number of anilines is 3. The highest BCUT2D eigenvalue weighted by atomic mass is 16.7. The van der Waals surface area contributed by atoms with Crippen LogP contribution in [0.25, 0.3) is 0 Å². The number of imide groups is 1. The van der Waals surface area contributed by atoms with Gasteiger partial charge in [-0.3, -0.25) is 14.4 Å². The minimum atomic E-state index is -0.860. The van der Waals surface area contributed by atoms with Crippen LogP contribution in [0.1, 0.15) is 31.0 Å². The number of hydrogen-bond donors (Lipinski definition) is 0. The molecule has 0 spiro atoms. The number of amides is 2. The lowest BCUT2D eigenvalue weighted by Crippen LogP contribution is -2.37. The summed E-state index contributed by atoms with van der Waals surface area (Å²) < 4.78 is 0. The summed E-state index contributed by atoms with van der Waals surface area (Å²) in [5.41, 5.74) is 4.54. The highest BCUT2D eigenvalue weighted by Gasteiger charge is 2.60. The van der Waals surface area contributed by atoms with E-state index in [1.807, 2.05) is 73.7 Å². The Bertz CT molecular complexity index is 1170. The Labute approximate surface area is 200 Å². The van der Waals surface area contributed by atoms with E-state index in [4.69, 9.17) is 4.84 Å². The maximum absolute atomic E-state index is 13.7. The van der Waals surface area contributed by atoms with Gasteiger partial charge < -0.3 is 4.90 Å². The molecule has 3 aromatic rings. The van der Waals surface area contributed by atoms with E-state index in [1.54, 1.807) is 5.06 Å². The van der Waals surface area contributed by atoms with Crippen molar-refractivity contribution in [2.45, 2.75) is 32.9 Å². The van der Waals surface area contributed by atoms with Crippen LogP contribution in [0.3, 0.4) is 0 Å². The Hall–Kier alpha value is -3.64. The molecule has 0 saturated carbocycles. The Kier molecular flexibility index (Phi) is 5.84. The molecule has 2 amide bonds. The molecule has 0 radical (unpaired) electrons. The molecule has 2 saturated heterocycles. The number of rotatable bonds is 6. The molecule has 0 aromatic heterocycles. The van der Waals surface area contributed by atoms with E-state index in [9.17, 15) is 9.59 Å². The van der Waals surface area contributed by atoms with E-state index in [0.717, 1.165) is 35.6 Å². The van der Waals surface area contributed by atoms with Crippen LogP contribution < -0.4 is 14.9 Å². The second-order valence-electron chi connectivity index (χ2n) is 8.77. The molecule has 2 aliphatic heterocycles. The summed E-state index contributed by atoms with van der Waals surface area (Å²) in [6.45, 7) is 8.08. The molecule has 0 bridgehead atoms. The zero-order valence-corrected chi connectivity index (χ0v) is 19.7. The summed E-state index contributed by atoms with van der Waals surface area (Å²) >= 11 is 0. The van der Waals surface area contributed by atoms with Crippen molar-refractivity contribution in [2.24, 2.45) is 5.92 Å². The number of aryl methyl sites for hydroxylation is 1. The van der Waals surface area contributed by atoms with Gasteiger partial charge in [-0.05, 0) is 62.7 Å². The summed E-state index contributed by atoms with van der Waals surface area (Å²) in [5, 5.41) is 1.74. The monoisotopic (exact) mass is 455 g/mol. The molecule has 0 N–H and O–H groups in total. The fourth-order valence-electron chi connectivity index (χ4n) is 4.97. The molecule has 0 unspecified atom stereocenters. The van der Waals surface area contributed by atoms with Crippen molar-refractivity contribution in [3.8, 4) is 0 Å². The zero-order chi connectivity index (χ0) is 23.8. The SMILES string of the molecule is CCN(CC)c1ccc([C@@H]2[C@@H]3C(=O)N(c4ccc(C)cc4)C(=O)[C@@H]3ON2c2ccccc2)cc1. The Morgan fingerprint density at radius 2 is 1.44 bits per heavy atom. The van der Waals surface area contributed by atoms with Gasteiger partial charge in [0.25, 0.3) is 5.91 Å². The molecule has 5 rings (SSSR count). The molecule has 3 atom stereocenters. The van der Waals surface area contributed by atoms with Gasteiger partial charge in [0.1, 0.15) is 5.92 Å². The topological polar surface area (TPSA) is 53.1 Å². The van der Waals surface area contributed by atoms with Crippen LogP contribution in [-0.2, 0) is 14.4 Å². The second kappa shape index (κ2) is 8.95. The molecular formula is C28H29N3O3. The minimum absolute atomic E-state index is 0.227. The number of carbonyl (C=O) groups is 2. The standard InChI is InChI=1S/C28H29N3O3/c1-4-29(5-2)21-17-13-20(14-18-21)25-24-26(34-31(25)23-9-7-6-8-10-23)28(33)30(27(24)32)22-15-11-19(3)12-16-22/h6-18,24-26H,4-5H2,1-3H3/t24-,25+,26+/m0/s1. The van der Waals surface area contributed by atoms with Gasteiger partial charge >= 0.3 is 0 Å². The van der Waals surface area contributed by atoms with E-state index < -0.39 is 18.1 Å². The van der Waals surface area contributed by atoms with Crippen molar-refractivity contribution in [1.29, 1.82) is 0 Å². The second-order valence-corrected chi connectivity index (χ2v) is 8.77. The van der Waals surface area contributed by atoms with Crippen molar-refractivity contribution in [2.75, 3.05) is 28.0 Å². The largest absolute Gasteiger partial charge is 0.372 e. The molecular weight excluding hydrogens is 426 g/mol. The Balaban J connectivity index is 1.54. The van der Waals surface area contributed by atoms with Crippen LogP contribution in [0, 0.1) is 12.8 Å². The van der Waals surface area contributed by atoms with Gasteiger partial charge in [0.2, 0.25) is 5.91 Å². The highest BCUT2D eigenvalue weighted by molar-refractivity contribution is 6.23. The van der Waals surface area contributed by atoms with Crippen LogP contribution >= 0.6 is 0 Å². The van der Waals surface area contributed by atoms with Crippen molar-refractivity contribution >= 4 is 28.9 Å². The lowest BCUT2D eigenvalue weighted by molar-refractivity contribution is -0.126. The number of para-hydroxylation sites is 1. The summed E-state index contributed by atoms with van der Waals surface area (Å²) in [6.07, 6.45) is -0.860. The van der Waals surface area contributed by atoms with Crippen LogP contribution in [0.4, 0.5) is 17.1 Å². The fourth-order valence-corrected chi connectivity index (χ4v) is 4.97. The third-order valence-corrected chi connectivity index (χ3v) is 6.78. The third-order valence-electron chi connectivity index (χ3n) is 6.78. The van der Waals surface area contributed by atoms with Gasteiger partial charge in [-0.15, -0.1) is 0 Å². The van der Waals surface area contributed by atoms with Gasteiger partial charge in [0.15, 0.2) is 6.10 Å². The predicted octanol–water partition coefficient (Wildman–Crippen LogP) is 4.89. The zero-order valence-electron chi connectivity index (χ0n) is 19.7. The third kappa shape index (κ3) is 3.64. The molecule has 2 heterocycles. The number of hydroxylamine groups is 1. The maximum Gasteiger partial charge on any atom is 0.266 e. The van der Waals surface area contributed by atoms with Gasteiger partial charge in [-0.25, -0.2) is 9.96 Å². The molecule has 34 heavy (non-hydrogen) atoms. The number of benzene rings is 3. The summed E-state index contributed by atoms with van der Waals surface area (Å²) in [7, 11) is 0. The number of fused-ring (bicyclic) bond motifs is 1. The van der Waals surface area contributed by atoms with Crippen LogP contribution in [0.2, 0.25) is 0 Å². The van der Waals surface area contributed by atoms with E-state index in [2.05, 4.69) is 30.9 Å². The van der Waals surface area contributed by atoms with E-state index in [1.165, 1.54) is 4.90 Å². The van der Waals surface area contributed by atoms with Crippen LogP contribution in [0.5, 0.6) is 0 Å². The normalized spacial score (nSPS) is 21.8. The quantitative estimate of drug-likeness (QED) is 0.495. The van der Waals surface area contributed by atoms with E-state index >= 15 is 0 Å². The van der Waals surface area contributed by atoms with Gasteiger partial charge in [0.05, 0.1) is 17.4 Å². The summed E-state index contributed by atoms with van der Waals surface area (Å²) in [4.78, 5) is 36.9. The predicted molar refractivity (Wildman–Crippen MR) is 134 cm³/mol. The molecule has 6 nitrogen and oxygen atoms in total.